The van der Waals surface area contributed by atoms with Gasteiger partial charge in [0.25, 0.3) is 0 Å². The molecule has 1 heterocycles. The number of rotatable bonds is 1. The summed E-state index contributed by atoms with van der Waals surface area (Å²) < 4.78 is 0. The normalized spacial score (nSPS) is 17.6. The molecule has 0 amide bonds. The smallest absolute Gasteiger partial charge is 0.116 e. The lowest BCUT2D eigenvalue weighted by Gasteiger charge is -2.22. The van der Waals surface area contributed by atoms with Crippen molar-refractivity contribution in [2.45, 2.75) is 6.42 Å². The molecule has 15 heavy (non-hydrogen) atoms. The van der Waals surface area contributed by atoms with Crippen LogP contribution in [0.1, 0.15) is 12.0 Å². The van der Waals surface area contributed by atoms with Crippen molar-refractivity contribution in [2.24, 2.45) is 0 Å². The third kappa shape index (κ3) is 2.33. The van der Waals surface area contributed by atoms with Gasteiger partial charge in [-0.2, -0.15) is 0 Å². The van der Waals surface area contributed by atoms with Crippen molar-refractivity contribution in [3.8, 4) is 5.75 Å². The van der Waals surface area contributed by atoms with Crippen molar-refractivity contribution < 1.29 is 5.11 Å². The number of phenols is 1. The van der Waals surface area contributed by atoms with Crippen LogP contribution in [-0.2, 0) is 0 Å². The van der Waals surface area contributed by atoms with Gasteiger partial charge >= 0.3 is 0 Å². The highest BCUT2D eigenvalue weighted by Crippen LogP contribution is 2.30. The number of phenolic OH excluding ortho intramolecular Hbond substituents is 1. The van der Waals surface area contributed by atoms with Gasteiger partial charge in [0.15, 0.2) is 0 Å². The van der Waals surface area contributed by atoms with Crippen molar-refractivity contribution >= 4 is 17.2 Å². The molecule has 0 bridgehead atoms. The number of likely N-dealkylation sites (N-methyl/N-ethyl adjacent to an activating group) is 1. The molecule has 2 nitrogen and oxygen atoms in total. The Hall–Kier alpha value is -0.990. The van der Waals surface area contributed by atoms with Gasteiger partial charge in [0.05, 0.1) is 0 Å². The fourth-order valence-corrected chi connectivity index (χ4v) is 2.01. The average Bonchev–Trinajstić information content (AvgIpc) is 2.23. The summed E-state index contributed by atoms with van der Waals surface area (Å²) in [5, 5.41) is 10.1. The lowest BCUT2D eigenvalue weighted by atomic mass is 9.99. The van der Waals surface area contributed by atoms with E-state index < -0.39 is 0 Å². The fourth-order valence-electron chi connectivity index (χ4n) is 1.77. The van der Waals surface area contributed by atoms with Crippen LogP contribution in [0.25, 0.3) is 5.57 Å². The van der Waals surface area contributed by atoms with Gasteiger partial charge in [-0.1, -0.05) is 17.7 Å². The third-order valence-corrected chi connectivity index (χ3v) is 3.04. The molecule has 0 aromatic heterocycles. The van der Waals surface area contributed by atoms with E-state index >= 15 is 0 Å². The van der Waals surface area contributed by atoms with Crippen LogP contribution in [0.4, 0.5) is 0 Å². The van der Waals surface area contributed by atoms with Crippen LogP contribution in [-0.4, -0.2) is 30.1 Å². The van der Waals surface area contributed by atoms with E-state index in [1.54, 1.807) is 18.2 Å². The lowest BCUT2D eigenvalue weighted by Crippen LogP contribution is -2.23. The number of hydrogen-bond donors (Lipinski definition) is 1. The second kappa shape index (κ2) is 4.25. The standard InChI is InChI=1S/C12H14ClNO/c1-14-6-4-9(5-7-14)11-8-10(15)2-3-12(11)13/h2-4,8,15H,5-7H2,1H3. The Labute approximate surface area is 94.8 Å². The highest BCUT2D eigenvalue weighted by atomic mass is 35.5. The highest BCUT2D eigenvalue weighted by Gasteiger charge is 2.12. The van der Waals surface area contributed by atoms with E-state index in [1.165, 1.54) is 5.57 Å². The van der Waals surface area contributed by atoms with Crippen molar-refractivity contribution in [3.05, 3.63) is 34.9 Å². The molecular formula is C12H14ClNO. The first-order chi connectivity index (χ1) is 7.16. The first-order valence-corrected chi connectivity index (χ1v) is 5.41. The summed E-state index contributed by atoms with van der Waals surface area (Å²) in [6.07, 6.45) is 3.16. The summed E-state index contributed by atoms with van der Waals surface area (Å²) in [6.45, 7) is 1.99. The molecule has 0 spiro atoms. The average molecular weight is 224 g/mol. The molecule has 0 unspecified atom stereocenters. The summed E-state index contributed by atoms with van der Waals surface area (Å²) in [5.41, 5.74) is 2.19. The van der Waals surface area contributed by atoms with E-state index in [1.807, 2.05) is 0 Å². The van der Waals surface area contributed by atoms with Crippen LogP contribution >= 0.6 is 11.6 Å². The fraction of sp³-hybridized carbons (Fsp3) is 0.333. The van der Waals surface area contributed by atoms with E-state index in [2.05, 4.69) is 18.0 Å². The van der Waals surface area contributed by atoms with Crippen LogP contribution in [0.3, 0.4) is 0 Å². The second-order valence-electron chi connectivity index (χ2n) is 3.91. The molecule has 0 radical (unpaired) electrons. The van der Waals surface area contributed by atoms with E-state index in [4.69, 9.17) is 11.6 Å². The van der Waals surface area contributed by atoms with Gasteiger partial charge in [-0.15, -0.1) is 0 Å². The summed E-state index contributed by atoms with van der Waals surface area (Å²) in [7, 11) is 2.09. The SMILES string of the molecule is CN1CC=C(c2cc(O)ccc2Cl)CC1. The van der Waals surface area contributed by atoms with Crippen LogP contribution in [0, 0.1) is 0 Å². The Morgan fingerprint density at radius 1 is 1.40 bits per heavy atom. The van der Waals surface area contributed by atoms with Crippen molar-refractivity contribution in [1.29, 1.82) is 0 Å². The van der Waals surface area contributed by atoms with Crippen LogP contribution in [0.15, 0.2) is 24.3 Å². The Balaban J connectivity index is 2.33. The predicted octanol–water partition coefficient (Wildman–Crippen LogP) is 2.76. The minimum absolute atomic E-state index is 0.272. The predicted molar refractivity (Wildman–Crippen MR) is 63.2 cm³/mol. The Kier molecular flexibility index (Phi) is 2.98. The lowest BCUT2D eigenvalue weighted by molar-refractivity contribution is 0.370. The van der Waals surface area contributed by atoms with E-state index in [0.29, 0.717) is 5.02 Å². The second-order valence-corrected chi connectivity index (χ2v) is 4.31. The maximum absolute atomic E-state index is 9.42. The summed E-state index contributed by atoms with van der Waals surface area (Å²) in [5.74, 6) is 0.272. The van der Waals surface area contributed by atoms with Gasteiger partial charge in [-0.05, 0) is 42.8 Å². The van der Waals surface area contributed by atoms with Crippen molar-refractivity contribution in [3.63, 3.8) is 0 Å². The quantitative estimate of drug-likeness (QED) is 0.792. The summed E-state index contributed by atoms with van der Waals surface area (Å²) in [4.78, 5) is 2.25. The maximum Gasteiger partial charge on any atom is 0.116 e. The molecule has 1 aromatic carbocycles. The van der Waals surface area contributed by atoms with Crippen LogP contribution in [0.2, 0.25) is 5.02 Å². The molecule has 1 aromatic rings. The minimum atomic E-state index is 0.272. The summed E-state index contributed by atoms with van der Waals surface area (Å²) in [6, 6.07) is 5.09. The molecule has 2 rings (SSSR count). The number of aromatic hydroxyl groups is 1. The van der Waals surface area contributed by atoms with Crippen molar-refractivity contribution in [2.75, 3.05) is 20.1 Å². The van der Waals surface area contributed by atoms with Gasteiger partial charge in [0, 0.05) is 18.1 Å². The number of hydrogen-bond acceptors (Lipinski definition) is 2. The minimum Gasteiger partial charge on any atom is -0.508 e. The van der Waals surface area contributed by atoms with E-state index in [-0.39, 0.29) is 5.75 Å². The van der Waals surface area contributed by atoms with Gasteiger partial charge in [-0.25, -0.2) is 0 Å². The zero-order chi connectivity index (χ0) is 10.8. The zero-order valence-corrected chi connectivity index (χ0v) is 9.46. The topological polar surface area (TPSA) is 23.5 Å². The molecule has 1 N–H and O–H groups in total. The van der Waals surface area contributed by atoms with Gasteiger partial charge in [-0.3, -0.25) is 0 Å². The first kappa shape index (κ1) is 10.5. The Morgan fingerprint density at radius 2 is 2.20 bits per heavy atom. The molecule has 0 saturated heterocycles. The van der Waals surface area contributed by atoms with E-state index in [0.717, 1.165) is 25.1 Å². The number of benzene rings is 1. The zero-order valence-electron chi connectivity index (χ0n) is 8.70. The Bertz CT molecular complexity index is 401. The summed E-state index contributed by atoms with van der Waals surface area (Å²) >= 11 is 6.10. The molecule has 0 saturated carbocycles. The third-order valence-electron chi connectivity index (χ3n) is 2.71. The number of nitrogens with zero attached hydrogens (tertiary/aromatic N) is 1. The van der Waals surface area contributed by atoms with Gasteiger partial charge in [0.1, 0.15) is 5.75 Å². The van der Waals surface area contributed by atoms with Crippen molar-refractivity contribution in [1.82, 2.24) is 4.90 Å². The first-order valence-electron chi connectivity index (χ1n) is 5.03. The molecular weight excluding hydrogens is 210 g/mol. The molecule has 80 valence electrons. The van der Waals surface area contributed by atoms with E-state index in [9.17, 15) is 5.11 Å². The molecule has 0 fully saturated rings. The monoisotopic (exact) mass is 223 g/mol. The highest BCUT2D eigenvalue weighted by molar-refractivity contribution is 6.32. The van der Waals surface area contributed by atoms with Gasteiger partial charge < -0.3 is 10.0 Å². The molecule has 3 heteroatoms. The Morgan fingerprint density at radius 3 is 2.87 bits per heavy atom. The number of halogens is 1. The van der Waals surface area contributed by atoms with Gasteiger partial charge in [0.2, 0.25) is 0 Å². The van der Waals surface area contributed by atoms with Crippen LogP contribution in [0.5, 0.6) is 5.75 Å². The molecule has 1 aliphatic rings. The maximum atomic E-state index is 9.42. The molecule has 0 atom stereocenters. The molecule has 1 aliphatic heterocycles. The largest absolute Gasteiger partial charge is 0.508 e. The van der Waals surface area contributed by atoms with Crippen LogP contribution < -0.4 is 0 Å². The molecule has 0 aliphatic carbocycles.